The molecule has 0 saturated heterocycles. The van der Waals surface area contributed by atoms with Gasteiger partial charge in [-0.15, -0.1) is 0 Å². The molecule has 0 saturated carbocycles. The van der Waals surface area contributed by atoms with Crippen molar-refractivity contribution in [1.29, 1.82) is 5.41 Å². The van der Waals surface area contributed by atoms with Crippen LogP contribution < -0.4 is 5.62 Å². The van der Waals surface area contributed by atoms with Gasteiger partial charge in [0.1, 0.15) is 0 Å². The van der Waals surface area contributed by atoms with Gasteiger partial charge >= 0.3 is 0 Å². The van der Waals surface area contributed by atoms with Gasteiger partial charge in [0, 0.05) is 12.1 Å². The number of non-ortho nitro benzene ring substituents is 1. The summed E-state index contributed by atoms with van der Waals surface area (Å²) in [6.45, 7) is 2.77. The fourth-order valence-corrected chi connectivity index (χ4v) is 3.61. The van der Waals surface area contributed by atoms with Crippen LogP contribution in [0.3, 0.4) is 0 Å². The van der Waals surface area contributed by atoms with Gasteiger partial charge in [0.2, 0.25) is 5.62 Å². The molecule has 152 valence electrons. The molecule has 0 spiro atoms. The molecule has 3 aromatic carbocycles. The molecule has 1 heterocycles. The second kappa shape index (κ2) is 7.96. The van der Waals surface area contributed by atoms with Gasteiger partial charge in [-0.1, -0.05) is 42.0 Å². The van der Waals surface area contributed by atoms with Crippen LogP contribution in [0.25, 0.3) is 11.0 Å². The third-order valence-corrected chi connectivity index (χ3v) is 5.28. The first-order chi connectivity index (χ1) is 14.4. The summed E-state index contributed by atoms with van der Waals surface area (Å²) >= 11 is 0. The molecule has 7 nitrogen and oxygen atoms in total. The highest BCUT2D eigenvalue weighted by molar-refractivity contribution is 5.76. The van der Waals surface area contributed by atoms with Crippen LogP contribution in [0.1, 0.15) is 22.8 Å². The van der Waals surface area contributed by atoms with E-state index in [1.807, 2.05) is 35.8 Å². The van der Waals surface area contributed by atoms with E-state index in [0.717, 1.165) is 16.6 Å². The predicted octanol–water partition coefficient (Wildman–Crippen LogP) is 3.92. The number of hydrogen-bond acceptors (Lipinski definition) is 4. The molecule has 0 radical (unpaired) electrons. The summed E-state index contributed by atoms with van der Waals surface area (Å²) in [7, 11) is 0. The Labute approximate surface area is 173 Å². The van der Waals surface area contributed by atoms with Gasteiger partial charge in [-0.2, -0.15) is 0 Å². The zero-order valence-corrected chi connectivity index (χ0v) is 16.5. The molecular formula is C23H22N4O3. The number of hydrogen-bond donors (Lipinski definition) is 2. The summed E-state index contributed by atoms with van der Waals surface area (Å²) in [4.78, 5) is 10.4. The van der Waals surface area contributed by atoms with Crippen molar-refractivity contribution >= 4 is 16.7 Å². The highest BCUT2D eigenvalue weighted by Crippen LogP contribution is 2.21. The third-order valence-electron chi connectivity index (χ3n) is 5.28. The fraction of sp³-hybridized carbons (Fsp3) is 0.174. The Morgan fingerprint density at radius 3 is 2.17 bits per heavy atom. The van der Waals surface area contributed by atoms with Crippen molar-refractivity contribution in [3.05, 3.63) is 105 Å². The molecule has 30 heavy (non-hydrogen) atoms. The average molecular weight is 402 g/mol. The second-order valence-corrected chi connectivity index (χ2v) is 7.36. The third kappa shape index (κ3) is 3.75. The molecule has 0 aliphatic rings. The van der Waals surface area contributed by atoms with E-state index in [0.29, 0.717) is 12.1 Å². The van der Waals surface area contributed by atoms with E-state index < -0.39 is 11.0 Å². The summed E-state index contributed by atoms with van der Waals surface area (Å²) in [6, 6.07) is 21.8. The Morgan fingerprint density at radius 1 is 0.967 bits per heavy atom. The molecule has 0 bridgehead atoms. The number of nitro groups is 1. The largest absolute Gasteiger partial charge is 0.387 e. The number of para-hydroxylation sites is 2. The van der Waals surface area contributed by atoms with Crippen molar-refractivity contribution in [2.24, 2.45) is 0 Å². The molecular weight excluding hydrogens is 380 g/mol. The van der Waals surface area contributed by atoms with Crippen LogP contribution in [0.5, 0.6) is 0 Å². The molecule has 0 amide bonds. The molecule has 7 heteroatoms. The number of fused-ring (bicyclic) bond motifs is 1. The Kier molecular flexibility index (Phi) is 5.20. The van der Waals surface area contributed by atoms with Gasteiger partial charge in [0.15, 0.2) is 0 Å². The Balaban J connectivity index is 1.68. The fourth-order valence-electron chi connectivity index (χ4n) is 3.61. The van der Waals surface area contributed by atoms with E-state index in [1.54, 1.807) is 16.7 Å². The predicted molar refractivity (Wildman–Crippen MR) is 114 cm³/mol. The molecule has 0 aliphatic heterocycles. The summed E-state index contributed by atoms with van der Waals surface area (Å²) in [5.74, 6) is 0. The molecule has 0 fully saturated rings. The van der Waals surface area contributed by atoms with E-state index in [9.17, 15) is 15.2 Å². The minimum atomic E-state index is -0.890. The summed E-state index contributed by atoms with van der Waals surface area (Å²) in [5.41, 5.74) is 4.89. The molecule has 2 N–H and O–H groups in total. The zero-order valence-electron chi connectivity index (χ0n) is 16.5. The van der Waals surface area contributed by atoms with E-state index in [2.05, 4.69) is 24.3 Å². The second-order valence-electron chi connectivity index (χ2n) is 7.36. The maximum absolute atomic E-state index is 10.8. The quantitative estimate of drug-likeness (QED) is 0.378. The Bertz CT molecular complexity index is 1250. The van der Waals surface area contributed by atoms with E-state index in [4.69, 9.17) is 5.41 Å². The molecule has 4 rings (SSSR count). The maximum atomic E-state index is 10.8. The molecule has 1 unspecified atom stereocenters. The summed E-state index contributed by atoms with van der Waals surface area (Å²) in [5, 5.41) is 30.3. The molecule has 4 aromatic rings. The minimum absolute atomic E-state index is 0.0190. The van der Waals surface area contributed by atoms with Gasteiger partial charge in [-0.05, 0) is 42.3 Å². The first-order valence-electron chi connectivity index (χ1n) is 9.64. The van der Waals surface area contributed by atoms with Crippen LogP contribution in [0, 0.1) is 22.4 Å². The van der Waals surface area contributed by atoms with Gasteiger partial charge < -0.3 is 14.2 Å². The SMILES string of the molecule is Cc1ccc(Cn2c(=N)n(CC(O)c3ccc([N+](=O)[O-])cc3)c3ccccc32)cc1. The van der Waals surface area contributed by atoms with Gasteiger partial charge in [0.25, 0.3) is 5.69 Å². The van der Waals surface area contributed by atoms with Crippen LogP contribution in [-0.4, -0.2) is 19.2 Å². The van der Waals surface area contributed by atoms with Crippen LogP contribution in [0.4, 0.5) is 5.69 Å². The topological polar surface area (TPSA) is 97.1 Å². The van der Waals surface area contributed by atoms with Crippen molar-refractivity contribution in [2.75, 3.05) is 0 Å². The lowest BCUT2D eigenvalue weighted by atomic mass is 10.1. The highest BCUT2D eigenvalue weighted by Gasteiger charge is 2.16. The van der Waals surface area contributed by atoms with Crippen molar-refractivity contribution in [3.63, 3.8) is 0 Å². The van der Waals surface area contributed by atoms with Crippen molar-refractivity contribution in [2.45, 2.75) is 26.1 Å². The molecule has 1 atom stereocenters. The zero-order chi connectivity index (χ0) is 21.3. The maximum Gasteiger partial charge on any atom is 0.269 e. The number of rotatable bonds is 6. The number of benzene rings is 3. The minimum Gasteiger partial charge on any atom is -0.387 e. The molecule has 0 aliphatic carbocycles. The normalized spacial score (nSPS) is 12.2. The molecule has 1 aromatic heterocycles. The van der Waals surface area contributed by atoms with Crippen molar-refractivity contribution < 1.29 is 10.0 Å². The number of nitro benzene ring substituents is 1. The lowest BCUT2D eigenvalue weighted by molar-refractivity contribution is -0.384. The average Bonchev–Trinajstić information content (AvgIpc) is 3.01. The van der Waals surface area contributed by atoms with Gasteiger partial charge in [-0.3, -0.25) is 15.5 Å². The standard InChI is InChI=1S/C23H22N4O3/c1-16-6-8-17(9-7-16)14-25-20-4-2-3-5-21(20)26(23(25)24)15-22(28)18-10-12-19(13-11-18)27(29)30/h2-13,22,24,28H,14-15H2,1H3. The monoisotopic (exact) mass is 402 g/mol. The number of nitrogens with one attached hydrogen (secondary N) is 1. The van der Waals surface area contributed by atoms with Gasteiger partial charge in [0.05, 0.1) is 35.2 Å². The number of aromatic nitrogens is 2. The van der Waals surface area contributed by atoms with Crippen molar-refractivity contribution in [3.8, 4) is 0 Å². The van der Waals surface area contributed by atoms with E-state index >= 15 is 0 Å². The van der Waals surface area contributed by atoms with Gasteiger partial charge in [-0.25, -0.2) is 0 Å². The Hall–Kier alpha value is -3.71. The first-order valence-corrected chi connectivity index (χ1v) is 9.64. The van der Waals surface area contributed by atoms with Crippen LogP contribution in [0.2, 0.25) is 0 Å². The number of aliphatic hydroxyl groups is 1. The van der Waals surface area contributed by atoms with Crippen LogP contribution in [-0.2, 0) is 13.1 Å². The lowest BCUT2D eigenvalue weighted by Crippen LogP contribution is -2.27. The smallest absolute Gasteiger partial charge is 0.269 e. The number of aliphatic hydroxyl groups excluding tert-OH is 1. The summed E-state index contributed by atoms with van der Waals surface area (Å²) in [6.07, 6.45) is -0.890. The Morgan fingerprint density at radius 2 is 1.57 bits per heavy atom. The lowest BCUT2D eigenvalue weighted by Gasteiger charge is -2.12. The first kappa shape index (κ1) is 19.6. The van der Waals surface area contributed by atoms with E-state index in [-0.39, 0.29) is 17.9 Å². The van der Waals surface area contributed by atoms with Crippen molar-refractivity contribution in [1.82, 2.24) is 9.13 Å². The number of aryl methyl sites for hydroxylation is 1. The van der Waals surface area contributed by atoms with Crippen LogP contribution in [0.15, 0.2) is 72.8 Å². The number of nitrogens with zero attached hydrogens (tertiary/aromatic N) is 3. The number of imidazole rings is 1. The van der Waals surface area contributed by atoms with E-state index in [1.165, 1.54) is 17.7 Å². The summed E-state index contributed by atoms with van der Waals surface area (Å²) < 4.78 is 3.69. The van der Waals surface area contributed by atoms with Crippen LogP contribution >= 0.6 is 0 Å². The highest BCUT2D eigenvalue weighted by atomic mass is 16.6.